The minimum Gasteiger partial charge on any atom is -0.387 e. The van der Waals surface area contributed by atoms with Crippen molar-refractivity contribution in [3.05, 3.63) is 72.2 Å². The third-order valence-corrected chi connectivity index (χ3v) is 6.98. The number of fused-ring (bicyclic) bond motifs is 2. The lowest BCUT2D eigenvalue weighted by Gasteiger charge is -2.36. The number of pyridine rings is 2. The summed E-state index contributed by atoms with van der Waals surface area (Å²) in [6.07, 6.45) is 8.96. The van der Waals surface area contributed by atoms with Gasteiger partial charge in [0.05, 0.1) is 29.8 Å². The van der Waals surface area contributed by atoms with Crippen LogP contribution in [-0.2, 0) is 0 Å². The van der Waals surface area contributed by atoms with E-state index in [1.54, 1.807) is 6.20 Å². The third-order valence-electron chi connectivity index (χ3n) is 6.98. The highest BCUT2D eigenvalue weighted by atomic mass is 19.1. The Kier molecular flexibility index (Phi) is 4.42. The number of anilines is 1. The summed E-state index contributed by atoms with van der Waals surface area (Å²) in [4.78, 5) is 10.8. The molecule has 0 bridgehead atoms. The molecule has 6 rings (SSSR count). The molecule has 5 nitrogen and oxygen atoms in total. The van der Waals surface area contributed by atoms with Gasteiger partial charge in [-0.2, -0.15) is 0 Å². The van der Waals surface area contributed by atoms with Gasteiger partial charge in [0.1, 0.15) is 11.3 Å². The van der Waals surface area contributed by atoms with Crippen LogP contribution in [0.25, 0.3) is 16.4 Å². The fraction of sp³-hybridized carbons (Fsp3) is 0.360. The number of nitrogens with zero attached hydrogens (tertiary/aromatic N) is 4. The van der Waals surface area contributed by atoms with Crippen molar-refractivity contribution in [3.63, 3.8) is 0 Å². The van der Waals surface area contributed by atoms with Crippen LogP contribution in [-0.4, -0.2) is 32.6 Å². The number of aromatic nitrogens is 3. The normalized spacial score (nSPS) is 18.7. The molecule has 0 amide bonds. The zero-order valence-corrected chi connectivity index (χ0v) is 17.3. The summed E-state index contributed by atoms with van der Waals surface area (Å²) in [5, 5.41) is 12.3. The quantitative estimate of drug-likeness (QED) is 0.517. The Balaban J connectivity index is 1.27. The van der Waals surface area contributed by atoms with Crippen molar-refractivity contribution in [1.82, 2.24) is 14.4 Å². The molecule has 158 valence electrons. The van der Waals surface area contributed by atoms with Gasteiger partial charge in [-0.15, -0.1) is 0 Å². The van der Waals surface area contributed by atoms with E-state index < -0.39 is 6.10 Å². The monoisotopic (exact) mass is 416 g/mol. The molecule has 1 aliphatic heterocycles. The second-order valence-corrected chi connectivity index (χ2v) is 8.87. The van der Waals surface area contributed by atoms with Crippen molar-refractivity contribution in [1.29, 1.82) is 0 Å². The van der Waals surface area contributed by atoms with Crippen LogP contribution in [0.1, 0.15) is 49.0 Å². The molecule has 3 aromatic heterocycles. The minimum absolute atomic E-state index is 0.187. The van der Waals surface area contributed by atoms with Crippen LogP contribution in [0.2, 0.25) is 0 Å². The van der Waals surface area contributed by atoms with Crippen LogP contribution in [0.3, 0.4) is 0 Å². The molecule has 1 aliphatic carbocycles. The summed E-state index contributed by atoms with van der Waals surface area (Å²) in [5.41, 5.74) is 4.76. The van der Waals surface area contributed by atoms with Gasteiger partial charge in [0.25, 0.3) is 0 Å². The summed E-state index contributed by atoms with van der Waals surface area (Å²) >= 11 is 0. The number of hydrogen-bond acceptors (Lipinski definition) is 4. The Hall–Kier alpha value is -2.99. The SMILES string of the molecule is O[C@@H](c1c(C2CC2)ccc2cncn12)C1CCN(c2ccc(F)c3ncccc23)CC1. The zero-order chi connectivity index (χ0) is 20.9. The molecule has 2 fully saturated rings. The van der Waals surface area contributed by atoms with Gasteiger partial charge in [0, 0.05) is 30.4 Å². The van der Waals surface area contributed by atoms with E-state index in [2.05, 4.69) is 31.4 Å². The Morgan fingerprint density at radius 3 is 2.68 bits per heavy atom. The predicted molar refractivity (Wildman–Crippen MR) is 119 cm³/mol. The highest BCUT2D eigenvalue weighted by Crippen LogP contribution is 2.45. The van der Waals surface area contributed by atoms with Gasteiger partial charge >= 0.3 is 0 Å². The summed E-state index contributed by atoms with van der Waals surface area (Å²) in [7, 11) is 0. The molecule has 0 spiro atoms. The standard InChI is InChI=1S/C25H25FN4O/c26-21-7-8-22(20-2-1-11-28-23(20)21)29-12-9-17(10-13-29)25(31)24-19(16-3-4-16)6-5-18-14-27-15-30(18)24/h1-2,5-8,11,14-17,25,31H,3-4,9-10,12-13H2/t25-/m1/s1. The summed E-state index contributed by atoms with van der Waals surface area (Å²) < 4.78 is 16.2. The minimum atomic E-state index is -0.512. The van der Waals surface area contributed by atoms with Crippen molar-refractivity contribution in [2.75, 3.05) is 18.0 Å². The van der Waals surface area contributed by atoms with E-state index in [9.17, 15) is 9.50 Å². The lowest BCUT2D eigenvalue weighted by atomic mass is 9.86. The van der Waals surface area contributed by atoms with Crippen LogP contribution in [0.15, 0.2) is 55.1 Å². The molecule has 1 saturated heterocycles. The molecule has 1 saturated carbocycles. The fourth-order valence-electron chi connectivity index (χ4n) is 5.16. The molecule has 6 heteroatoms. The first-order chi connectivity index (χ1) is 15.2. The maximum absolute atomic E-state index is 14.2. The molecule has 31 heavy (non-hydrogen) atoms. The zero-order valence-electron chi connectivity index (χ0n) is 17.3. The molecule has 1 N–H and O–H groups in total. The smallest absolute Gasteiger partial charge is 0.149 e. The van der Waals surface area contributed by atoms with Gasteiger partial charge in [-0.3, -0.25) is 4.98 Å². The van der Waals surface area contributed by atoms with Crippen LogP contribution in [0.4, 0.5) is 10.1 Å². The maximum Gasteiger partial charge on any atom is 0.149 e. The van der Waals surface area contributed by atoms with Gasteiger partial charge < -0.3 is 14.4 Å². The van der Waals surface area contributed by atoms with E-state index in [4.69, 9.17) is 0 Å². The molecule has 0 radical (unpaired) electrons. The maximum atomic E-state index is 14.2. The van der Waals surface area contributed by atoms with Gasteiger partial charge in [0.2, 0.25) is 0 Å². The van der Waals surface area contributed by atoms with E-state index in [-0.39, 0.29) is 11.7 Å². The first kappa shape index (κ1) is 18.8. The van der Waals surface area contributed by atoms with E-state index >= 15 is 0 Å². The van der Waals surface area contributed by atoms with E-state index in [0.717, 1.165) is 48.2 Å². The predicted octanol–water partition coefficient (Wildman–Crippen LogP) is 4.85. The number of halogens is 1. The molecule has 2 aliphatic rings. The number of aliphatic hydroxyl groups excluding tert-OH is 1. The van der Waals surface area contributed by atoms with Crippen molar-refractivity contribution < 1.29 is 9.50 Å². The molecular formula is C25H25FN4O. The highest BCUT2D eigenvalue weighted by Gasteiger charge is 2.34. The summed E-state index contributed by atoms with van der Waals surface area (Å²) in [6.45, 7) is 1.66. The van der Waals surface area contributed by atoms with Crippen molar-refractivity contribution in [2.45, 2.75) is 37.7 Å². The average molecular weight is 417 g/mol. The van der Waals surface area contributed by atoms with Crippen molar-refractivity contribution in [2.24, 2.45) is 5.92 Å². The largest absolute Gasteiger partial charge is 0.387 e. The Morgan fingerprint density at radius 1 is 1.03 bits per heavy atom. The third kappa shape index (κ3) is 3.17. The Morgan fingerprint density at radius 2 is 1.87 bits per heavy atom. The molecular weight excluding hydrogens is 391 g/mol. The van der Waals surface area contributed by atoms with Crippen LogP contribution < -0.4 is 4.90 Å². The topological polar surface area (TPSA) is 53.7 Å². The first-order valence-electron chi connectivity index (χ1n) is 11.1. The first-order valence-corrected chi connectivity index (χ1v) is 11.1. The number of benzene rings is 1. The number of rotatable bonds is 4. The Bertz CT molecular complexity index is 1260. The molecule has 4 aromatic rings. The van der Waals surface area contributed by atoms with Gasteiger partial charge in [0.15, 0.2) is 0 Å². The van der Waals surface area contributed by atoms with Crippen LogP contribution >= 0.6 is 0 Å². The van der Waals surface area contributed by atoms with Crippen LogP contribution in [0.5, 0.6) is 0 Å². The molecule has 0 unspecified atom stereocenters. The highest BCUT2D eigenvalue weighted by molar-refractivity contribution is 5.92. The number of imidazole rings is 1. The second-order valence-electron chi connectivity index (χ2n) is 8.87. The number of piperidine rings is 1. The van der Waals surface area contributed by atoms with Crippen LogP contribution in [0, 0.1) is 11.7 Å². The number of hydrogen-bond donors (Lipinski definition) is 1. The number of aliphatic hydroxyl groups is 1. The lowest BCUT2D eigenvalue weighted by Crippen LogP contribution is -2.36. The molecule has 1 atom stereocenters. The molecule has 4 heterocycles. The lowest BCUT2D eigenvalue weighted by molar-refractivity contribution is 0.0871. The Labute approximate surface area is 180 Å². The second kappa shape index (κ2) is 7.31. The fourth-order valence-corrected chi connectivity index (χ4v) is 5.16. The molecule has 1 aromatic carbocycles. The van der Waals surface area contributed by atoms with Crippen molar-refractivity contribution in [3.8, 4) is 0 Å². The summed E-state index contributed by atoms with van der Waals surface area (Å²) in [5.74, 6) is 0.465. The van der Waals surface area contributed by atoms with Gasteiger partial charge in [-0.1, -0.05) is 6.07 Å². The van der Waals surface area contributed by atoms with Gasteiger partial charge in [-0.25, -0.2) is 9.37 Å². The summed E-state index contributed by atoms with van der Waals surface area (Å²) in [6, 6.07) is 11.4. The van der Waals surface area contributed by atoms with Crippen molar-refractivity contribution >= 4 is 22.1 Å². The van der Waals surface area contributed by atoms with E-state index in [1.165, 1.54) is 24.5 Å². The van der Waals surface area contributed by atoms with E-state index in [1.807, 2.05) is 30.7 Å². The average Bonchev–Trinajstić information content (AvgIpc) is 3.55. The van der Waals surface area contributed by atoms with E-state index in [0.29, 0.717) is 11.4 Å². The van der Waals surface area contributed by atoms with Gasteiger partial charge in [-0.05, 0) is 73.4 Å².